The van der Waals surface area contributed by atoms with Crippen molar-refractivity contribution in [3.05, 3.63) is 23.5 Å². The molecule has 1 aromatic rings. The van der Waals surface area contributed by atoms with E-state index in [-0.39, 0.29) is 11.8 Å². The molecule has 17 heavy (non-hydrogen) atoms. The Bertz CT molecular complexity index is 410. The van der Waals surface area contributed by atoms with Gasteiger partial charge < -0.3 is 15.4 Å². The van der Waals surface area contributed by atoms with Gasteiger partial charge in [-0.2, -0.15) is 0 Å². The van der Waals surface area contributed by atoms with Gasteiger partial charge >= 0.3 is 5.97 Å². The minimum Gasteiger partial charge on any atom is -0.480 e. The van der Waals surface area contributed by atoms with Crippen LogP contribution in [0.15, 0.2) is 12.4 Å². The minimum absolute atomic E-state index is 0.212. The van der Waals surface area contributed by atoms with Crippen molar-refractivity contribution >= 4 is 11.9 Å². The van der Waals surface area contributed by atoms with Crippen LogP contribution in [0.25, 0.3) is 0 Å². The summed E-state index contributed by atoms with van der Waals surface area (Å²) in [6.07, 6.45) is 3.69. The topological polar surface area (TPSA) is 82.2 Å². The van der Waals surface area contributed by atoms with Crippen molar-refractivity contribution in [3.8, 4) is 0 Å². The number of aromatic amines is 1. The second-order valence-electron chi connectivity index (χ2n) is 4.55. The number of rotatable bonds is 5. The first-order valence-corrected chi connectivity index (χ1v) is 5.59. The number of nitrogens with one attached hydrogen (secondary N) is 2. The van der Waals surface area contributed by atoms with Gasteiger partial charge in [0.1, 0.15) is 6.04 Å². The Labute approximate surface area is 100 Å². The number of aromatic nitrogens is 1. The highest BCUT2D eigenvalue weighted by Crippen LogP contribution is 2.09. The summed E-state index contributed by atoms with van der Waals surface area (Å²) < 4.78 is 0. The molecule has 0 aliphatic carbocycles. The third-order valence-electron chi connectivity index (χ3n) is 2.51. The third kappa shape index (κ3) is 3.62. The van der Waals surface area contributed by atoms with E-state index in [4.69, 9.17) is 5.11 Å². The van der Waals surface area contributed by atoms with Gasteiger partial charge in [0.05, 0.1) is 5.56 Å². The van der Waals surface area contributed by atoms with Gasteiger partial charge in [-0.3, -0.25) is 4.79 Å². The van der Waals surface area contributed by atoms with Crippen LogP contribution in [-0.2, 0) is 4.79 Å². The summed E-state index contributed by atoms with van der Waals surface area (Å²) in [6, 6.07) is -0.836. The zero-order valence-corrected chi connectivity index (χ0v) is 10.3. The maximum atomic E-state index is 11.8. The lowest BCUT2D eigenvalue weighted by Crippen LogP contribution is -2.41. The first kappa shape index (κ1) is 13.3. The average Bonchev–Trinajstić information content (AvgIpc) is 2.62. The highest BCUT2D eigenvalue weighted by Gasteiger charge is 2.22. The molecular weight excluding hydrogens is 220 g/mol. The number of carboxylic acid groups (broad SMARTS) is 1. The number of carboxylic acids is 1. The quantitative estimate of drug-likeness (QED) is 0.728. The van der Waals surface area contributed by atoms with Gasteiger partial charge in [-0.05, 0) is 24.8 Å². The van der Waals surface area contributed by atoms with Gasteiger partial charge in [0.15, 0.2) is 0 Å². The van der Waals surface area contributed by atoms with Crippen LogP contribution in [0.2, 0.25) is 0 Å². The number of aryl methyl sites for hydroxylation is 1. The van der Waals surface area contributed by atoms with Gasteiger partial charge in [-0.1, -0.05) is 13.8 Å². The van der Waals surface area contributed by atoms with Crippen molar-refractivity contribution in [1.29, 1.82) is 0 Å². The van der Waals surface area contributed by atoms with E-state index in [1.54, 1.807) is 19.3 Å². The lowest BCUT2D eigenvalue weighted by atomic mass is 10.0. The second-order valence-corrected chi connectivity index (χ2v) is 4.55. The van der Waals surface area contributed by atoms with Gasteiger partial charge in [0.25, 0.3) is 5.91 Å². The fraction of sp³-hybridized carbons (Fsp3) is 0.500. The van der Waals surface area contributed by atoms with Crippen molar-refractivity contribution in [3.63, 3.8) is 0 Å². The molecule has 1 aromatic heterocycles. The van der Waals surface area contributed by atoms with E-state index >= 15 is 0 Å². The van der Waals surface area contributed by atoms with Crippen LogP contribution in [0.3, 0.4) is 0 Å². The SMILES string of the molecule is Cc1c[nH]cc1C(=O)N[C@@H](CC(C)C)C(=O)O. The second kappa shape index (κ2) is 5.52. The first-order chi connectivity index (χ1) is 7.91. The number of amides is 1. The maximum absolute atomic E-state index is 11.8. The van der Waals surface area contributed by atoms with E-state index in [1.807, 2.05) is 13.8 Å². The fourth-order valence-corrected chi connectivity index (χ4v) is 1.62. The molecule has 1 atom stereocenters. The van der Waals surface area contributed by atoms with E-state index in [9.17, 15) is 9.59 Å². The molecular formula is C12H18N2O3. The summed E-state index contributed by atoms with van der Waals surface area (Å²) in [5.74, 6) is -1.14. The molecule has 0 aromatic carbocycles. The van der Waals surface area contributed by atoms with Gasteiger partial charge in [-0.25, -0.2) is 4.79 Å². The Kier molecular flexibility index (Phi) is 4.31. The van der Waals surface area contributed by atoms with Gasteiger partial charge in [0.2, 0.25) is 0 Å². The van der Waals surface area contributed by atoms with Crippen molar-refractivity contribution in [2.45, 2.75) is 33.2 Å². The molecule has 1 amide bonds. The lowest BCUT2D eigenvalue weighted by Gasteiger charge is -2.16. The first-order valence-electron chi connectivity index (χ1n) is 5.59. The number of carbonyl (C=O) groups excluding carboxylic acids is 1. The van der Waals surface area contributed by atoms with Crippen LogP contribution < -0.4 is 5.32 Å². The number of aliphatic carboxylic acids is 1. The summed E-state index contributed by atoms with van der Waals surface area (Å²) in [4.78, 5) is 25.6. The summed E-state index contributed by atoms with van der Waals surface area (Å²) >= 11 is 0. The van der Waals surface area contributed by atoms with Crippen molar-refractivity contribution in [2.75, 3.05) is 0 Å². The Balaban J connectivity index is 2.71. The third-order valence-corrected chi connectivity index (χ3v) is 2.51. The molecule has 0 spiro atoms. The van der Waals surface area contributed by atoms with Crippen LogP contribution in [0.1, 0.15) is 36.2 Å². The molecule has 5 heteroatoms. The molecule has 0 radical (unpaired) electrons. The number of hydrogen-bond acceptors (Lipinski definition) is 2. The number of carbonyl (C=O) groups is 2. The Morgan fingerprint density at radius 2 is 2.06 bits per heavy atom. The highest BCUT2D eigenvalue weighted by molar-refractivity contribution is 5.97. The maximum Gasteiger partial charge on any atom is 0.326 e. The fourth-order valence-electron chi connectivity index (χ4n) is 1.62. The predicted octanol–water partition coefficient (Wildman–Crippen LogP) is 1.55. The number of H-pyrrole nitrogens is 1. The lowest BCUT2D eigenvalue weighted by molar-refractivity contribution is -0.139. The zero-order valence-electron chi connectivity index (χ0n) is 10.3. The Morgan fingerprint density at radius 1 is 1.41 bits per heavy atom. The Morgan fingerprint density at radius 3 is 2.47 bits per heavy atom. The molecule has 0 bridgehead atoms. The summed E-state index contributed by atoms with van der Waals surface area (Å²) in [5, 5.41) is 11.5. The molecule has 0 saturated carbocycles. The largest absolute Gasteiger partial charge is 0.480 e. The monoisotopic (exact) mass is 238 g/mol. The molecule has 3 N–H and O–H groups in total. The van der Waals surface area contributed by atoms with Crippen LogP contribution in [0, 0.1) is 12.8 Å². The van der Waals surface area contributed by atoms with E-state index in [2.05, 4.69) is 10.3 Å². The highest BCUT2D eigenvalue weighted by atomic mass is 16.4. The van der Waals surface area contributed by atoms with E-state index in [0.717, 1.165) is 5.56 Å². The standard InChI is InChI=1S/C12H18N2O3/c1-7(2)4-10(12(16)17)14-11(15)9-6-13-5-8(9)3/h5-7,10,13H,4H2,1-3H3,(H,14,15)(H,16,17)/t10-/m0/s1. The summed E-state index contributed by atoms with van der Waals surface area (Å²) in [5.41, 5.74) is 1.29. The molecule has 5 nitrogen and oxygen atoms in total. The van der Waals surface area contributed by atoms with Crippen LogP contribution in [-0.4, -0.2) is 28.0 Å². The number of hydrogen-bond donors (Lipinski definition) is 3. The molecule has 94 valence electrons. The molecule has 1 rings (SSSR count). The zero-order chi connectivity index (χ0) is 13.0. The normalized spacial score (nSPS) is 12.5. The van der Waals surface area contributed by atoms with Gasteiger partial charge in [0, 0.05) is 12.4 Å². The summed E-state index contributed by atoms with van der Waals surface area (Å²) in [6.45, 7) is 5.64. The van der Waals surface area contributed by atoms with Crippen LogP contribution in [0.5, 0.6) is 0 Å². The Hall–Kier alpha value is -1.78. The van der Waals surface area contributed by atoms with Crippen LogP contribution >= 0.6 is 0 Å². The molecule has 0 aliphatic heterocycles. The molecule has 0 unspecified atom stereocenters. The predicted molar refractivity (Wildman–Crippen MR) is 63.9 cm³/mol. The van der Waals surface area contributed by atoms with Gasteiger partial charge in [-0.15, -0.1) is 0 Å². The molecule has 0 fully saturated rings. The molecule has 0 aliphatic rings. The van der Waals surface area contributed by atoms with E-state index in [0.29, 0.717) is 12.0 Å². The van der Waals surface area contributed by atoms with Crippen molar-refractivity contribution in [1.82, 2.24) is 10.3 Å². The average molecular weight is 238 g/mol. The minimum atomic E-state index is -1.000. The van der Waals surface area contributed by atoms with Crippen molar-refractivity contribution < 1.29 is 14.7 Å². The molecule has 0 saturated heterocycles. The van der Waals surface area contributed by atoms with E-state index in [1.165, 1.54) is 0 Å². The summed E-state index contributed by atoms with van der Waals surface area (Å²) in [7, 11) is 0. The molecule has 1 heterocycles. The van der Waals surface area contributed by atoms with E-state index < -0.39 is 12.0 Å². The smallest absolute Gasteiger partial charge is 0.326 e. The van der Waals surface area contributed by atoms with Crippen LogP contribution in [0.4, 0.5) is 0 Å². The van der Waals surface area contributed by atoms with Crippen molar-refractivity contribution in [2.24, 2.45) is 5.92 Å².